The zero-order chi connectivity index (χ0) is 21.4. The first-order valence-corrected chi connectivity index (χ1v) is 8.75. The maximum Gasteiger partial charge on any atom is 0.262 e. The van der Waals surface area contributed by atoms with Crippen molar-refractivity contribution in [2.45, 2.75) is 0 Å². The quantitative estimate of drug-likeness (QED) is 0.389. The normalized spacial score (nSPS) is 10.9. The Morgan fingerprint density at radius 2 is 1.50 bits per heavy atom. The van der Waals surface area contributed by atoms with Gasteiger partial charge in [-0.25, -0.2) is 13.2 Å². The Hall–Kier alpha value is -4.07. The highest BCUT2D eigenvalue weighted by atomic mass is 19.2. The predicted molar refractivity (Wildman–Crippen MR) is 105 cm³/mol. The number of hydrogen-bond acceptors (Lipinski definition) is 3. The number of aromatic nitrogens is 1. The molecule has 0 saturated heterocycles. The van der Waals surface area contributed by atoms with Crippen molar-refractivity contribution in [2.75, 3.05) is 5.32 Å². The molecule has 0 aliphatic heterocycles. The molecule has 0 fully saturated rings. The van der Waals surface area contributed by atoms with Crippen molar-refractivity contribution in [3.63, 3.8) is 0 Å². The Labute approximate surface area is 167 Å². The minimum absolute atomic E-state index is 0.0126. The number of amides is 1. The minimum Gasteiger partial charge on any atom is -0.506 e. The highest BCUT2D eigenvalue weighted by Crippen LogP contribution is 2.25. The monoisotopic (exact) mass is 410 g/mol. The summed E-state index contributed by atoms with van der Waals surface area (Å²) in [7, 11) is 0. The van der Waals surface area contributed by atoms with Crippen LogP contribution in [0.5, 0.6) is 5.75 Å². The Balaban J connectivity index is 1.92. The fourth-order valence-electron chi connectivity index (χ4n) is 3.11. The largest absolute Gasteiger partial charge is 0.506 e. The number of pyridine rings is 1. The topological polar surface area (TPSA) is 71.3 Å². The number of aromatic hydroxyl groups is 1. The Morgan fingerprint density at radius 1 is 0.900 bits per heavy atom. The van der Waals surface area contributed by atoms with Crippen molar-refractivity contribution in [2.24, 2.45) is 0 Å². The number of para-hydroxylation sites is 2. The minimum atomic E-state index is -1.66. The standard InChI is InChI=1S/C22H13F3N2O3/c23-16-9-12(10-17(24)20(16)25)27-11-15(13-5-1-2-6-14(13)22(27)30)21(29)26-18-7-3-4-8-19(18)28/h1-11,28H,(H,26,29). The Kier molecular flexibility index (Phi) is 4.75. The molecule has 0 atom stereocenters. The van der Waals surface area contributed by atoms with Crippen LogP contribution in [0.3, 0.4) is 0 Å². The van der Waals surface area contributed by atoms with Gasteiger partial charge in [-0.2, -0.15) is 0 Å². The van der Waals surface area contributed by atoms with Gasteiger partial charge < -0.3 is 10.4 Å². The second-order valence-corrected chi connectivity index (χ2v) is 6.46. The second-order valence-electron chi connectivity index (χ2n) is 6.46. The zero-order valence-electron chi connectivity index (χ0n) is 15.2. The number of halogens is 3. The molecule has 0 aliphatic carbocycles. The molecule has 1 amide bonds. The zero-order valence-corrected chi connectivity index (χ0v) is 15.2. The lowest BCUT2D eigenvalue weighted by Crippen LogP contribution is -2.23. The lowest BCUT2D eigenvalue weighted by atomic mass is 10.1. The molecule has 1 aromatic heterocycles. The average molecular weight is 410 g/mol. The maximum atomic E-state index is 13.7. The maximum absolute atomic E-state index is 13.7. The molecule has 4 rings (SSSR count). The van der Waals surface area contributed by atoms with Crippen LogP contribution in [0, 0.1) is 17.5 Å². The van der Waals surface area contributed by atoms with Crippen molar-refractivity contribution in [3.8, 4) is 11.4 Å². The van der Waals surface area contributed by atoms with Gasteiger partial charge in [-0.15, -0.1) is 0 Å². The van der Waals surface area contributed by atoms with Gasteiger partial charge >= 0.3 is 0 Å². The fraction of sp³-hybridized carbons (Fsp3) is 0. The molecule has 3 aromatic carbocycles. The number of phenolic OH excluding ortho intramolecular Hbond substituents is 1. The van der Waals surface area contributed by atoms with E-state index in [1.807, 2.05) is 0 Å². The van der Waals surface area contributed by atoms with Crippen LogP contribution in [-0.2, 0) is 0 Å². The molecule has 8 heteroatoms. The summed E-state index contributed by atoms with van der Waals surface area (Å²) in [5.41, 5.74) is -0.768. The van der Waals surface area contributed by atoms with Crippen LogP contribution in [0.4, 0.5) is 18.9 Å². The molecule has 0 unspecified atom stereocenters. The van der Waals surface area contributed by atoms with Gasteiger partial charge in [0.1, 0.15) is 5.75 Å². The van der Waals surface area contributed by atoms with Gasteiger partial charge in [-0.1, -0.05) is 30.3 Å². The number of benzene rings is 3. The number of anilines is 1. The van der Waals surface area contributed by atoms with Gasteiger partial charge in [0, 0.05) is 29.1 Å². The second kappa shape index (κ2) is 7.40. The van der Waals surface area contributed by atoms with Crippen LogP contribution >= 0.6 is 0 Å². The van der Waals surface area contributed by atoms with Crippen LogP contribution in [-0.4, -0.2) is 15.6 Å². The summed E-state index contributed by atoms with van der Waals surface area (Å²) in [6, 6.07) is 13.6. The summed E-state index contributed by atoms with van der Waals surface area (Å²) in [6.07, 6.45) is 1.12. The van der Waals surface area contributed by atoms with Crippen molar-refractivity contribution < 1.29 is 23.1 Å². The predicted octanol–water partition coefficient (Wildman–Crippen LogP) is 4.37. The number of fused-ring (bicyclic) bond motifs is 1. The van der Waals surface area contributed by atoms with E-state index in [4.69, 9.17) is 0 Å². The van der Waals surface area contributed by atoms with Crippen molar-refractivity contribution in [1.82, 2.24) is 4.57 Å². The highest BCUT2D eigenvalue weighted by molar-refractivity contribution is 6.13. The summed E-state index contributed by atoms with van der Waals surface area (Å²) in [5, 5.41) is 12.8. The number of nitrogens with zero attached hydrogens (tertiary/aromatic N) is 1. The summed E-state index contributed by atoms with van der Waals surface area (Å²) < 4.78 is 41.7. The van der Waals surface area contributed by atoms with Gasteiger partial charge in [0.2, 0.25) is 0 Å². The van der Waals surface area contributed by atoms with Gasteiger partial charge in [0.15, 0.2) is 17.5 Å². The molecule has 0 saturated carbocycles. The lowest BCUT2D eigenvalue weighted by molar-refractivity contribution is 0.102. The van der Waals surface area contributed by atoms with Crippen molar-refractivity contribution >= 4 is 22.4 Å². The molecule has 30 heavy (non-hydrogen) atoms. The summed E-state index contributed by atoms with van der Waals surface area (Å²) in [6.45, 7) is 0. The molecule has 150 valence electrons. The molecule has 0 radical (unpaired) electrons. The third-order valence-corrected chi connectivity index (χ3v) is 4.57. The summed E-state index contributed by atoms with van der Waals surface area (Å²) >= 11 is 0. The number of carbonyl (C=O) groups is 1. The van der Waals surface area contributed by atoms with Crippen LogP contribution in [0.2, 0.25) is 0 Å². The molecule has 5 nitrogen and oxygen atoms in total. The molecular weight excluding hydrogens is 397 g/mol. The van der Waals surface area contributed by atoms with Gasteiger partial charge in [0.05, 0.1) is 16.9 Å². The number of nitrogens with one attached hydrogen (secondary N) is 1. The molecule has 0 spiro atoms. The fourth-order valence-corrected chi connectivity index (χ4v) is 3.11. The van der Waals surface area contributed by atoms with E-state index in [0.29, 0.717) is 17.5 Å². The SMILES string of the molecule is O=C(Nc1ccccc1O)c1cn(-c2cc(F)c(F)c(F)c2)c(=O)c2ccccc12. The first-order valence-electron chi connectivity index (χ1n) is 8.75. The Bertz CT molecular complexity index is 1340. The van der Waals surface area contributed by atoms with E-state index in [2.05, 4.69) is 5.32 Å². The van der Waals surface area contributed by atoms with Crippen LogP contribution in [0.15, 0.2) is 71.7 Å². The van der Waals surface area contributed by atoms with E-state index in [9.17, 15) is 27.9 Å². The smallest absolute Gasteiger partial charge is 0.262 e. The number of phenols is 1. The van der Waals surface area contributed by atoms with Gasteiger partial charge in [-0.3, -0.25) is 14.2 Å². The van der Waals surface area contributed by atoms with Crippen molar-refractivity contribution in [3.05, 3.63) is 100 Å². The number of rotatable bonds is 3. The third-order valence-electron chi connectivity index (χ3n) is 4.57. The van der Waals surface area contributed by atoms with Gasteiger partial charge in [-0.05, 0) is 18.2 Å². The van der Waals surface area contributed by atoms with E-state index in [1.165, 1.54) is 18.2 Å². The van der Waals surface area contributed by atoms with E-state index in [-0.39, 0.29) is 28.1 Å². The van der Waals surface area contributed by atoms with E-state index < -0.39 is 28.9 Å². The van der Waals surface area contributed by atoms with Crippen LogP contribution in [0.1, 0.15) is 10.4 Å². The van der Waals surface area contributed by atoms with E-state index >= 15 is 0 Å². The van der Waals surface area contributed by atoms with Gasteiger partial charge in [0.25, 0.3) is 11.5 Å². The number of hydrogen-bond donors (Lipinski definition) is 2. The van der Waals surface area contributed by atoms with Crippen LogP contribution < -0.4 is 10.9 Å². The molecule has 4 aromatic rings. The summed E-state index contributed by atoms with van der Waals surface area (Å²) in [4.78, 5) is 25.8. The van der Waals surface area contributed by atoms with E-state index in [1.54, 1.807) is 30.3 Å². The lowest BCUT2D eigenvalue weighted by Gasteiger charge is -2.13. The highest BCUT2D eigenvalue weighted by Gasteiger charge is 2.18. The molecular formula is C22H13F3N2O3. The molecule has 1 heterocycles. The molecule has 0 bridgehead atoms. The first kappa shape index (κ1) is 19.3. The Morgan fingerprint density at radius 3 is 2.17 bits per heavy atom. The van der Waals surface area contributed by atoms with Crippen LogP contribution in [0.25, 0.3) is 16.5 Å². The summed E-state index contributed by atoms with van der Waals surface area (Å²) in [5.74, 6) is -5.42. The van der Waals surface area contributed by atoms with E-state index in [0.717, 1.165) is 10.8 Å². The molecule has 2 N–H and O–H groups in total. The first-order chi connectivity index (χ1) is 14.4. The third kappa shape index (κ3) is 3.28. The molecule has 0 aliphatic rings. The van der Waals surface area contributed by atoms with Crippen molar-refractivity contribution in [1.29, 1.82) is 0 Å². The average Bonchev–Trinajstić information content (AvgIpc) is 2.73. The number of carbonyl (C=O) groups excluding carboxylic acids is 1.